The first-order chi connectivity index (χ1) is 13.1. The molecule has 146 valence electrons. The predicted molar refractivity (Wildman–Crippen MR) is 101 cm³/mol. The Morgan fingerprint density at radius 1 is 1.30 bits per heavy atom. The molecule has 2 N–H and O–H groups in total. The minimum atomic E-state index is -0.773. The molecular weight excluding hydrogens is 344 g/mol. The fourth-order valence-corrected chi connectivity index (χ4v) is 5.23. The summed E-state index contributed by atoms with van der Waals surface area (Å²) in [5.74, 6) is -0.0108. The lowest BCUT2D eigenvalue weighted by Crippen LogP contribution is -2.54. The highest BCUT2D eigenvalue weighted by molar-refractivity contribution is 6.07. The van der Waals surface area contributed by atoms with Crippen molar-refractivity contribution in [3.8, 4) is 0 Å². The van der Waals surface area contributed by atoms with Crippen molar-refractivity contribution in [1.82, 2.24) is 4.90 Å². The highest BCUT2D eigenvalue weighted by Gasteiger charge is 2.59. The average molecular weight is 372 g/mol. The number of nitrogens with one attached hydrogen (secondary N) is 1. The number of para-hydroxylation sites is 1. The van der Waals surface area contributed by atoms with Gasteiger partial charge in [-0.25, -0.2) is 0 Å². The molecule has 0 radical (unpaired) electrons. The molecule has 1 aromatic rings. The number of likely N-dealkylation sites (tertiary alicyclic amines) is 1. The second-order valence-electron chi connectivity index (χ2n) is 8.07. The molecule has 0 aliphatic carbocycles. The number of anilines is 1. The van der Waals surface area contributed by atoms with Gasteiger partial charge in [-0.2, -0.15) is 0 Å². The zero-order chi connectivity index (χ0) is 19.1. The van der Waals surface area contributed by atoms with Crippen LogP contribution in [0.4, 0.5) is 5.69 Å². The number of carbonyl (C=O) groups is 2. The van der Waals surface area contributed by atoms with E-state index in [-0.39, 0.29) is 24.5 Å². The normalized spacial score (nSPS) is 29.0. The van der Waals surface area contributed by atoms with E-state index in [2.05, 4.69) is 12.2 Å². The van der Waals surface area contributed by atoms with Crippen LogP contribution in [0, 0.1) is 5.41 Å². The number of rotatable bonds is 4. The number of fused-ring (bicyclic) bond motifs is 2. The molecule has 2 saturated heterocycles. The molecule has 27 heavy (non-hydrogen) atoms. The molecule has 6 heteroatoms. The van der Waals surface area contributed by atoms with Crippen molar-refractivity contribution in [2.24, 2.45) is 5.41 Å². The number of amides is 2. The first kappa shape index (κ1) is 18.4. The number of nitrogens with zero attached hydrogens (tertiary/aromatic N) is 1. The molecule has 0 unspecified atom stereocenters. The van der Waals surface area contributed by atoms with Gasteiger partial charge < -0.3 is 20.1 Å². The smallest absolute Gasteiger partial charge is 0.237 e. The second-order valence-corrected chi connectivity index (χ2v) is 8.07. The molecule has 1 spiro atoms. The van der Waals surface area contributed by atoms with E-state index in [9.17, 15) is 14.7 Å². The number of carbonyl (C=O) groups excluding carboxylic acids is 2. The molecule has 6 nitrogen and oxygen atoms in total. The monoisotopic (exact) mass is 372 g/mol. The molecule has 2 amide bonds. The third-order valence-corrected chi connectivity index (χ3v) is 6.78. The van der Waals surface area contributed by atoms with E-state index >= 15 is 0 Å². The fraction of sp³-hybridized carbons (Fsp3) is 0.619. The van der Waals surface area contributed by atoms with Crippen LogP contribution >= 0.6 is 0 Å². The van der Waals surface area contributed by atoms with Crippen molar-refractivity contribution in [3.63, 3.8) is 0 Å². The van der Waals surface area contributed by atoms with Crippen LogP contribution < -0.4 is 5.32 Å². The van der Waals surface area contributed by atoms with Crippen LogP contribution in [0.1, 0.15) is 44.6 Å². The first-order valence-electron chi connectivity index (χ1n) is 10.00. The maximum atomic E-state index is 13.6. The highest BCUT2D eigenvalue weighted by atomic mass is 16.5. The van der Waals surface area contributed by atoms with Gasteiger partial charge in [-0.1, -0.05) is 31.5 Å². The van der Waals surface area contributed by atoms with Gasteiger partial charge in [0.05, 0.1) is 23.5 Å². The number of hydrogen-bond donors (Lipinski definition) is 2. The Hall–Kier alpha value is -1.92. The van der Waals surface area contributed by atoms with E-state index in [4.69, 9.17) is 4.74 Å². The quantitative estimate of drug-likeness (QED) is 0.848. The topological polar surface area (TPSA) is 78.9 Å². The van der Waals surface area contributed by atoms with Gasteiger partial charge in [0.15, 0.2) is 0 Å². The number of aliphatic hydroxyl groups excluding tert-OH is 1. The van der Waals surface area contributed by atoms with Crippen molar-refractivity contribution in [1.29, 1.82) is 0 Å². The summed E-state index contributed by atoms with van der Waals surface area (Å²) in [7, 11) is 0. The Balaban J connectivity index is 1.72. The van der Waals surface area contributed by atoms with Crippen molar-refractivity contribution in [3.05, 3.63) is 29.8 Å². The summed E-state index contributed by atoms with van der Waals surface area (Å²) < 4.78 is 5.42. The van der Waals surface area contributed by atoms with Gasteiger partial charge in [-0.15, -0.1) is 0 Å². The van der Waals surface area contributed by atoms with Gasteiger partial charge in [0.25, 0.3) is 0 Å². The van der Waals surface area contributed by atoms with E-state index in [1.165, 1.54) is 0 Å². The maximum Gasteiger partial charge on any atom is 0.237 e. The van der Waals surface area contributed by atoms with Crippen molar-refractivity contribution >= 4 is 17.5 Å². The van der Waals surface area contributed by atoms with Crippen LogP contribution in [0.5, 0.6) is 0 Å². The van der Waals surface area contributed by atoms with Crippen molar-refractivity contribution < 1.29 is 19.4 Å². The Kier molecular flexibility index (Phi) is 4.72. The van der Waals surface area contributed by atoms with E-state index in [0.717, 1.165) is 24.1 Å². The third kappa shape index (κ3) is 2.61. The Morgan fingerprint density at radius 2 is 2.04 bits per heavy atom. The van der Waals surface area contributed by atoms with Gasteiger partial charge in [-0.3, -0.25) is 9.59 Å². The van der Waals surface area contributed by atoms with Crippen LogP contribution in [0.2, 0.25) is 0 Å². The highest BCUT2D eigenvalue weighted by Crippen LogP contribution is 2.50. The lowest BCUT2D eigenvalue weighted by Gasteiger charge is -2.41. The molecular formula is C21H28N2O4. The van der Waals surface area contributed by atoms with Crippen LogP contribution in [0.25, 0.3) is 0 Å². The summed E-state index contributed by atoms with van der Waals surface area (Å²) in [5, 5.41) is 13.1. The largest absolute Gasteiger partial charge is 0.395 e. The zero-order valence-electron chi connectivity index (χ0n) is 15.9. The SMILES string of the molecule is CCC[C@@H]1N(C(=O)C2(CO)CCOCC2)CC[C@@]12C(=O)Nc1ccccc12. The van der Waals surface area contributed by atoms with Gasteiger partial charge in [-0.05, 0) is 37.3 Å². The summed E-state index contributed by atoms with van der Waals surface area (Å²) in [4.78, 5) is 28.6. The van der Waals surface area contributed by atoms with E-state index in [0.29, 0.717) is 39.0 Å². The molecule has 0 aromatic heterocycles. The third-order valence-electron chi connectivity index (χ3n) is 6.78. The average Bonchev–Trinajstić information content (AvgIpc) is 3.22. The first-order valence-corrected chi connectivity index (χ1v) is 10.00. The van der Waals surface area contributed by atoms with Gasteiger partial charge in [0.1, 0.15) is 0 Å². The molecule has 2 atom stereocenters. The summed E-state index contributed by atoms with van der Waals surface area (Å²) in [6, 6.07) is 7.66. The Bertz CT molecular complexity index is 743. The molecule has 2 fully saturated rings. The molecule has 4 rings (SSSR count). The van der Waals surface area contributed by atoms with Gasteiger partial charge >= 0.3 is 0 Å². The maximum absolute atomic E-state index is 13.6. The second kappa shape index (κ2) is 6.91. The lowest BCUT2D eigenvalue weighted by molar-refractivity contribution is -0.153. The minimum absolute atomic E-state index is 0.00229. The molecule has 0 saturated carbocycles. The summed E-state index contributed by atoms with van der Waals surface area (Å²) in [6.45, 7) is 3.46. The van der Waals surface area contributed by atoms with Crippen LogP contribution in [0.15, 0.2) is 24.3 Å². The van der Waals surface area contributed by atoms with Crippen molar-refractivity contribution in [2.75, 3.05) is 31.7 Å². The molecule has 3 aliphatic rings. The summed E-state index contributed by atoms with van der Waals surface area (Å²) in [5.41, 5.74) is 0.420. The summed E-state index contributed by atoms with van der Waals surface area (Å²) >= 11 is 0. The minimum Gasteiger partial charge on any atom is -0.395 e. The van der Waals surface area contributed by atoms with Crippen molar-refractivity contribution in [2.45, 2.75) is 50.5 Å². The van der Waals surface area contributed by atoms with E-state index in [1.54, 1.807) is 0 Å². The van der Waals surface area contributed by atoms with Crippen LogP contribution in [0.3, 0.4) is 0 Å². The molecule has 0 bridgehead atoms. The van der Waals surface area contributed by atoms with Crippen LogP contribution in [-0.4, -0.2) is 54.2 Å². The standard InChI is InChI=1S/C21H28N2O4/c1-2-5-17-21(15-6-3-4-7-16(15)22-18(21)25)8-11-23(17)19(26)20(14-24)9-12-27-13-10-20/h3-4,6-7,17,24H,2,5,8-14H2,1H3,(H,22,25)/t17-,21-/m0/s1. The Labute approximate surface area is 159 Å². The van der Waals surface area contributed by atoms with Gasteiger partial charge in [0.2, 0.25) is 11.8 Å². The molecule has 1 aromatic carbocycles. The Morgan fingerprint density at radius 3 is 2.74 bits per heavy atom. The predicted octanol–water partition coefficient (Wildman–Crippen LogP) is 2.07. The lowest BCUT2D eigenvalue weighted by atomic mass is 9.73. The van der Waals surface area contributed by atoms with E-state index < -0.39 is 10.8 Å². The molecule has 3 aliphatic heterocycles. The fourth-order valence-electron chi connectivity index (χ4n) is 5.23. The number of aliphatic hydroxyl groups is 1. The van der Waals surface area contributed by atoms with Gasteiger partial charge in [0, 0.05) is 25.4 Å². The zero-order valence-corrected chi connectivity index (χ0v) is 15.9. The number of hydrogen-bond acceptors (Lipinski definition) is 4. The number of ether oxygens (including phenoxy) is 1. The number of benzene rings is 1. The molecule has 3 heterocycles. The summed E-state index contributed by atoms with van der Waals surface area (Å²) in [6.07, 6.45) is 3.36. The van der Waals surface area contributed by atoms with E-state index in [1.807, 2.05) is 29.2 Å². The van der Waals surface area contributed by atoms with Crippen LogP contribution in [-0.2, 0) is 19.7 Å².